The molecule has 0 bridgehead atoms. The highest BCUT2D eigenvalue weighted by Gasteiger charge is 2.22. The summed E-state index contributed by atoms with van der Waals surface area (Å²) in [5.74, 6) is 2.15. The number of nitrogens with one attached hydrogen (secondary N) is 1. The molecule has 2 heterocycles. The lowest BCUT2D eigenvalue weighted by Gasteiger charge is -2.15. The van der Waals surface area contributed by atoms with Gasteiger partial charge in [-0.2, -0.15) is 0 Å². The van der Waals surface area contributed by atoms with Crippen LogP contribution in [0.1, 0.15) is 24.1 Å². The van der Waals surface area contributed by atoms with Crippen LogP contribution in [0.3, 0.4) is 0 Å². The molecule has 3 rings (SSSR count). The second-order valence-electron chi connectivity index (χ2n) is 4.31. The van der Waals surface area contributed by atoms with Gasteiger partial charge in [0.2, 0.25) is 0 Å². The molecule has 3 nitrogen and oxygen atoms in total. The Kier molecular flexibility index (Phi) is 2.63. The van der Waals surface area contributed by atoms with Crippen molar-refractivity contribution in [3.8, 4) is 0 Å². The first-order chi connectivity index (χ1) is 7.42. The molecular formula is C11H15N3S. The van der Waals surface area contributed by atoms with Gasteiger partial charge in [0, 0.05) is 37.0 Å². The molecular weight excluding hydrogens is 206 g/mol. The lowest BCUT2D eigenvalue weighted by Crippen LogP contribution is -2.24. The number of hydrogen-bond donors (Lipinski definition) is 1. The van der Waals surface area contributed by atoms with Gasteiger partial charge in [-0.05, 0) is 18.8 Å². The van der Waals surface area contributed by atoms with Crippen LogP contribution in [0.5, 0.6) is 0 Å². The topological polar surface area (TPSA) is 37.8 Å². The summed E-state index contributed by atoms with van der Waals surface area (Å²) in [6, 6.07) is 0. The third-order valence-corrected chi connectivity index (χ3v) is 4.02. The van der Waals surface area contributed by atoms with Crippen LogP contribution in [0.25, 0.3) is 0 Å². The number of thioether (sulfide) groups is 1. The van der Waals surface area contributed by atoms with Crippen LogP contribution < -0.4 is 5.32 Å². The smallest absolute Gasteiger partial charge is 0.187 e. The van der Waals surface area contributed by atoms with E-state index in [1.165, 1.54) is 29.9 Å². The summed E-state index contributed by atoms with van der Waals surface area (Å²) in [6.07, 6.45) is 5.85. The van der Waals surface area contributed by atoms with Crippen LogP contribution in [0.4, 0.5) is 0 Å². The SMILES string of the molecule is c1nc(SCC2CC2)nc2c1CNCC2. The molecule has 0 unspecified atom stereocenters. The number of rotatable bonds is 3. The fraction of sp³-hybridized carbons (Fsp3) is 0.636. The van der Waals surface area contributed by atoms with E-state index in [2.05, 4.69) is 15.3 Å². The van der Waals surface area contributed by atoms with E-state index in [4.69, 9.17) is 0 Å². The summed E-state index contributed by atoms with van der Waals surface area (Å²) in [7, 11) is 0. The Bertz CT molecular complexity index is 363. The first-order valence-electron chi connectivity index (χ1n) is 5.60. The summed E-state index contributed by atoms with van der Waals surface area (Å²) < 4.78 is 0. The van der Waals surface area contributed by atoms with Crippen LogP contribution in [0, 0.1) is 5.92 Å². The third kappa shape index (κ3) is 2.32. The molecule has 1 N–H and O–H groups in total. The molecule has 0 spiro atoms. The maximum Gasteiger partial charge on any atom is 0.187 e. The third-order valence-electron chi connectivity index (χ3n) is 2.93. The van der Waals surface area contributed by atoms with Crippen LogP contribution in [0.2, 0.25) is 0 Å². The minimum absolute atomic E-state index is 0.933. The molecule has 80 valence electrons. The molecule has 2 aliphatic rings. The normalized spacial score (nSPS) is 20.0. The van der Waals surface area contributed by atoms with E-state index in [1.54, 1.807) is 0 Å². The van der Waals surface area contributed by atoms with Gasteiger partial charge in [0.05, 0.1) is 5.69 Å². The number of nitrogens with zero attached hydrogens (tertiary/aromatic N) is 2. The van der Waals surface area contributed by atoms with Crippen molar-refractivity contribution in [3.05, 3.63) is 17.5 Å². The molecule has 15 heavy (non-hydrogen) atoms. The summed E-state index contributed by atoms with van der Waals surface area (Å²) >= 11 is 1.82. The second-order valence-corrected chi connectivity index (χ2v) is 5.29. The van der Waals surface area contributed by atoms with Crippen LogP contribution >= 0.6 is 11.8 Å². The van der Waals surface area contributed by atoms with Gasteiger partial charge in [0.1, 0.15) is 0 Å². The van der Waals surface area contributed by atoms with Crippen molar-refractivity contribution in [2.75, 3.05) is 12.3 Å². The molecule has 0 atom stereocenters. The van der Waals surface area contributed by atoms with E-state index in [9.17, 15) is 0 Å². The minimum Gasteiger partial charge on any atom is -0.312 e. The highest BCUT2D eigenvalue weighted by molar-refractivity contribution is 7.99. The molecule has 1 aromatic heterocycles. The number of fused-ring (bicyclic) bond motifs is 1. The van der Waals surface area contributed by atoms with E-state index in [0.717, 1.165) is 30.6 Å². The van der Waals surface area contributed by atoms with Crippen molar-refractivity contribution < 1.29 is 0 Å². The minimum atomic E-state index is 0.933. The Balaban J connectivity index is 1.71. The van der Waals surface area contributed by atoms with Gasteiger partial charge in [-0.25, -0.2) is 9.97 Å². The average Bonchev–Trinajstić information content (AvgIpc) is 3.10. The molecule has 1 aliphatic carbocycles. The van der Waals surface area contributed by atoms with Gasteiger partial charge in [0.15, 0.2) is 5.16 Å². The fourth-order valence-electron chi connectivity index (χ4n) is 1.76. The van der Waals surface area contributed by atoms with Crippen molar-refractivity contribution in [1.82, 2.24) is 15.3 Å². The second kappa shape index (κ2) is 4.10. The lowest BCUT2D eigenvalue weighted by molar-refractivity contribution is 0.616. The van der Waals surface area contributed by atoms with E-state index < -0.39 is 0 Å². The predicted octanol–water partition coefficient (Wildman–Crippen LogP) is 1.62. The molecule has 0 radical (unpaired) electrons. The van der Waals surface area contributed by atoms with E-state index in [0.29, 0.717) is 0 Å². The first-order valence-corrected chi connectivity index (χ1v) is 6.59. The molecule has 1 aromatic rings. The lowest BCUT2D eigenvalue weighted by atomic mass is 10.1. The molecule has 0 saturated heterocycles. The molecule has 0 aromatic carbocycles. The summed E-state index contributed by atoms with van der Waals surface area (Å²) in [4.78, 5) is 9.03. The Morgan fingerprint density at radius 1 is 1.47 bits per heavy atom. The van der Waals surface area contributed by atoms with Gasteiger partial charge in [0.25, 0.3) is 0 Å². The van der Waals surface area contributed by atoms with Crippen LogP contribution in [-0.2, 0) is 13.0 Å². The number of aromatic nitrogens is 2. The average molecular weight is 221 g/mol. The highest BCUT2D eigenvalue weighted by atomic mass is 32.2. The Morgan fingerprint density at radius 3 is 3.27 bits per heavy atom. The van der Waals surface area contributed by atoms with Crippen LogP contribution in [-0.4, -0.2) is 22.3 Å². The van der Waals surface area contributed by atoms with Gasteiger partial charge < -0.3 is 5.32 Å². The van der Waals surface area contributed by atoms with E-state index >= 15 is 0 Å². The standard InChI is InChI=1S/C11H15N3S/c1-2-8(1)7-15-11-13-6-9-5-12-4-3-10(9)14-11/h6,8,12H,1-5,7H2. The van der Waals surface area contributed by atoms with E-state index in [-0.39, 0.29) is 0 Å². The Labute approximate surface area is 94.1 Å². The zero-order valence-electron chi connectivity index (χ0n) is 8.70. The quantitative estimate of drug-likeness (QED) is 0.622. The maximum atomic E-state index is 4.62. The zero-order chi connectivity index (χ0) is 10.1. The van der Waals surface area contributed by atoms with Crippen molar-refractivity contribution in [1.29, 1.82) is 0 Å². The molecule has 1 aliphatic heterocycles. The molecule has 4 heteroatoms. The zero-order valence-corrected chi connectivity index (χ0v) is 9.52. The van der Waals surface area contributed by atoms with Gasteiger partial charge >= 0.3 is 0 Å². The van der Waals surface area contributed by atoms with Gasteiger partial charge in [-0.3, -0.25) is 0 Å². The molecule has 1 fully saturated rings. The highest BCUT2D eigenvalue weighted by Crippen LogP contribution is 2.34. The summed E-state index contributed by atoms with van der Waals surface area (Å²) in [5.41, 5.74) is 2.53. The Morgan fingerprint density at radius 2 is 2.40 bits per heavy atom. The predicted molar refractivity (Wildman–Crippen MR) is 60.9 cm³/mol. The van der Waals surface area contributed by atoms with Crippen molar-refractivity contribution in [2.45, 2.75) is 31.0 Å². The fourth-order valence-corrected chi connectivity index (χ4v) is 2.78. The Hall–Kier alpha value is -0.610. The van der Waals surface area contributed by atoms with Crippen molar-refractivity contribution in [3.63, 3.8) is 0 Å². The summed E-state index contributed by atoms with van der Waals surface area (Å²) in [5, 5.41) is 4.31. The molecule has 1 saturated carbocycles. The summed E-state index contributed by atoms with van der Waals surface area (Å²) in [6.45, 7) is 1.99. The van der Waals surface area contributed by atoms with Crippen molar-refractivity contribution in [2.24, 2.45) is 5.92 Å². The first kappa shape index (κ1) is 9.60. The van der Waals surface area contributed by atoms with Gasteiger partial charge in [-0.15, -0.1) is 0 Å². The largest absolute Gasteiger partial charge is 0.312 e. The van der Waals surface area contributed by atoms with Gasteiger partial charge in [-0.1, -0.05) is 11.8 Å². The van der Waals surface area contributed by atoms with Crippen LogP contribution in [0.15, 0.2) is 11.4 Å². The van der Waals surface area contributed by atoms with E-state index in [1.807, 2.05) is 18.0 Å². The maximum absolute atomic E-state index is 4.62. The molecule has 0 amide bonds. The monoisotopic (exact) mass is 221 g/mol. The van der Waals surface area contributed by atoms with Crippen molar-refractivity contribution >= 4 is 11.8 Å². The number of hydrogen-bond acceptors (Lipinski definition) is 4.